The zero-order valence-corrected chi connectivity index (χ0v) is 14.3. The zero-order chi connectivity index (χ0) is 17.8. The lowest BCUT2D eigenvalue weighted by Gasteiger charge is -2.17. The van der Waals surface area contributed by atoms with Crippen molar-refractivity contribution in [3.8, 4) is 0 Å². The maximum absolute atomic E-state index is 12.4. The van der Waals surface area contributed by atoms with E-state index in [0.29, 0.717) is 24.2 Å². The average Bonchev–Trinajstić information content (AvgIpc) is 2.61. The van der Waals surface area contributed by atoms with Crippen molar-refractivity contribution in [3.63, 3.8) is 0 Å². The molecule has 0 saturated carbocycles. The first kappa shape index (κ1) is 16.8. The number of aromatic nitrogens is 3. The Morgan fingerprint density at radius 1 is 1.16 bits per heavy atom. The molecule has 128 valence electrons. The summed E-state index contributed by atoms with van der Waals surface area (Å²) in [6, 6.07) is 11.2. The van der Waals surface area contributed by atoms with Crippen molar-refractivity contribution in [1.29, 1.82) is 0 Å². The fraction of sp³-hybridized carbons (Fsp3) is 0.263. The quantitative estimate of drug-likeness (QED) is 0.775. The van der Waals surface area contributed by atoms with Gasteiger partial charge in [-0.15, -0.1) is 0 Å². The number of hydrogen-bond donors (Lipinski definition) is 1. The lowest BCUT2D eigenvalue weighted by molar-refractivity contribution is -0.130. The Bertz CT molecular complexity index is 965. The number of rotatable bonds is 5. The van der Waals surface area contributed by atoms with Gasteiger partial charge in [-0.05, 0) is 30.7 Å². The van der Waals surface area contributed by atoms with Crippen LogP contribution in [-0.2, 0) is 17.8 Å². The van der Waals surface area contributed by atoms with Crippen LogP contribution in [0, 0.1) is 6.92 Å². The summed E-state index contributed by atoms with van der Waals surface area (Å²) in [5, 5.41) is 0. The van der Waals surface area contributed by atoms with Gasteiger partial charge in [-0.3, -0.25) is 14.6 Å². The van der Waals surface area contributed by atoms with Crippen LogP contribution in [0.1, 0.15) is 23.4 Å². The largest absolute Gasteiger partial charge is 0.340 e. The lowest BCUT2D eigenvalue weighted by atomic mass is 10.2. The van der Waals surface area contributed by atoms with Gasteiger partial charge in [0.25, 0.3) is 5.56 Å². The molecule has 25 heavy (non-hydrogen) atoms. The van der Waals surface area contributed by atoms with Gasteiger partial charge >= 0.3 is 0 Å². The van der Waals surface area contributed by atoms with Crippen LogP contribution in [0.4, 0.5) is 0 Å². The average molecular weight is 336 g/mol. The molecule has 0 unspecified atom stereocenters. The molecule has 0 aliphatic carbocycles. The third-order valence-electron chi connectivity index (χ3n) is 4.18. The van der Waals surface area contributed by atoms with Gasteiger partial charge in [0, 0.05) is 26.1 Å². The number of amides is 1. The van der Waals surface area contributed by atoms with Gasteiger partial charge in [0.1, 0.15) is 5.69 Å². The number of carbonyl (C=O) groups excluding carboxylic acids is 1. The third kappa shape index (κ3) is 3.91. The van der Waals surface area contributed by atoms with Gasteiger partial charge in [0.05, 0.1) is 23.3 Å². The molecule has 0 fully saturated rings. The van der Waals surface area contributed by atoms with Crippen molar-refractivity contribution in [3.05, 3.63) is 69.9 Å². The molecule has 0 aliphatic rings. The molecule has 0 aliphatic heterocycles. The Hall–Kier alpha value is -3.02. The fourth-order valence-electron chi connectivity index (χ4n) is 2.65. The summed E-state index contributed by atoms with van der Waals surface area (Å²) < 4.78 is 0. The van der Waals surface area contributed by atoms with E-state index in [1.54, 1.807) is 18.1 Å². The molecule has 3 aromatic rings. The van der Waals surface area contributed by atoms with Gasteiger partial charge in [0.2, 0.25) is 5.91 Å². The van der Waals surface area contributed by atoms with Crippen LogP contribution in [0.15, 0.2) is 47.4 Å². The molecule has 6 heteroatoms. The molecular formula is C19H20N4O2. The number of hydrogen-bond acceptors (Lipinski definition) is 4. The van der Waals surface area contributed by atoms with E-state index in [1.807, 2.05) is 43.3 Å². The number of pyridine rings is 1. The zero-order valence-electron chi connectivity index (χ0n) is 14.3. The molecule has 0 saturated heterocycles. The summed E-state index contributed by atoms with van der Waals surface area (Å²) in [7, 11) is 1.74. The Morgan fingerprint density at radius 3 is 2.76 bits per heavy atom. The number of benzene rings is 1. The highest BCUT2D eigenvalue weighted by molar-refractivity contribution is 5.76. The Labute approximate surface area is 145 Å². The second kappa shape index (κ2) is 7.25. The van der Waals surface area contributed by atoms with Gasteiger partial charge < -0.3 is 9.88 Å². The number of nitrogens with zero attached hydrogens (tertiary/aromatic N) is 3. The van der Waals surface area contributed by atoms with E-state index < -0.39 is 0 Å². The monoisotopic (exact) mass is 336 g/mol. The summed E-state index contributed by atoms with van der Waals surface area (Å²) in [5.41, 5.74) is 3.49. The van der Waals surface area contributed by atoms with E-state index in [9.17, 15) is 9.59 Å². The highest BCUT2D eigenvalue weighted by atomic mass is 16.2. The van der Waals surface area contributed by atoms with Gasteiger partial charge in [-0.2, -0.15) is 0 Å². The van der Waals surface area contributed by atoms with E-state index in [4.69, 9.17) is 0 Å². The van der Waals surface area contributed by atoms with Crippen LogP contribution in [0.2, 0.25) is 0 Å². The van der Waals surface area contributed by atoms with Crippen LogP contribution in [0.25, 0.3) is 11.0 Å². The second-order valence-electron chi connectivity index (χ2n) is 6.05. The van der Waals surface area contributed by atoms with Crippen molar-refractivity contribution < 1.29 is 4.79 Å². The third-order valence-corrected chi connectivity index (χ3v) is 4.18. The van der Waals surface area contributed by atoms with Crippen molar-refractivity contribution >= 4 is 16.9 Å². The van der Waals surface area contributed by atoms with Crippen LogP contribution in [-0.4, -0.2) is 32.8 Å². The van der Waals surface area contributed by atoms with Crippen molar-refractivity contribution in [2.45, 2.75) is 26.3 Å². The van der Waals surface area contributed by atoms with Crippen LogP contribution >= 0.6 is 0 Å². The maximum atomic E-state index is 12.4. The molecule has 1 N–H and O–H groups in total. The van der Waals surface area contributed by atoms with Crippen molar-refractivity contribution in [2.75, 3.05) is 7.05 Å². The molecule has 1 amide bonds. The fourth-order valence-corrected chi connectivity index (χ4v) is 2.65. The van der Waals surface area contributed by atoms with Crippen LogP contribution < -0.4 is 5.56 Å². The van der Waals surface area contributed by atoms with E-state index in [0.717, 1.165) is 16.8 Å². The standard InChI is InChI=1S/C19H20N4O2/c1-13-6-5-11-20-17(13)12-23(2)18(24)10-9-16-19(25)22-15-8-4-3-7-14(15)21-16/h3-8,11H,9-10,12H2,1-2H3,(H,22,25). The first-order chi connectivity index (χ1) is 12.0. The predicted molar refractivity (Wildman–Crippen MR) is 96.1 cm³/mol. The topological polar surface area (TPSA) is 79.0 Å². The van der Waals surface area contributed by atoms with Gasteiger partial charge in [0.15, 0.2) is 0 Å². The van der Waals surface area contributed by atoms with Crippen LogP contribution in [0.5, 0.6) is 0 Å². The molecule has 1 aromatic carbocycles. The van der Waals surface area contributed by atoms with E-state index in [1.165, 1.54) is 0 Å². The van der Waals surface area contributed by atoms with E-state index in [2.05, 4.69) is 15.0 Å². The molecule has 0 spiro atoms. The van der Waals surface area contributed by atoms with E-state index >= 15 is 0 Å². The van der Waals surface area contributed by atoms with Gasteiger partial charge in [-0.25, -0.2) is 4.98 Å². The normalized spacial score (nSPS) is 10.8. The first-order valence-corrected chi connectivity index (χ1v) is 8.17. The Kier molecular flexibility index (Phi) is 4.88. The first-order valence-electron chi connectivity index (χ1n) is 8.17. The van der Waals surface area contributed by atoms with Crippen LogP contribution in [0.3, 0.4) is 0 Å². The molecular weight excluding hydrogens is 316 g/mol. The number of nitrogens with one attached hydrogen (secondary N) is 1. The molecule has 2 aromatic heterocycles. The summed E-state index contributed by atoms with van der Waals surface area (Å²) in [6.07, 6.45) is 2.26. The predicted octanol–water partition coefficient (Wildman–Crippen LogP) is 2.22. The number of carbonyl (C=O) groups is 1. The number of H-pyrrole nitrogens is 1. The molecule has 0 bridgehead atoms. The highest BCUT2D eigenvalue weighted by Gasteiger charge is 2.13. The molecule has 6 nitrogen and oxygen atoms in total. The number of para-hydroxylation sites is 2. The number of aromatic amines is 1. The molecule has 3 rings (SSSR count). The second-order valence-corrected chi connectivity index (χ2v) is 6.05. The summed E-state index contributed by atoms with van der Waals surface area (Å²) in [6.45, 7) is 2.42. The minimum absolute atomic E-state index is 0.0422. The Morgan fingerprint density at radius 2 is 1.96 bits per heavy atom. The number of aryl methyl sites for hydroxylation is 2. The molecule has 0 atom stereocenters. The maximum Gasteiger partial charge on any atom is 0.270 e. The van der Waals surface area contributed by atoms with Crippen molar-refractivity contribution in [1.82, 2.24) is 19.9 Å². The summed E-state index contributed by atoms with van der Waals surface area (Å²) in [5.74, 6) is -0.0422. The molecule has 2 heterocycles. The minimum Gasteiger partial charge on any atom is -0.340 e. The highest BCUT2D eigenvalue weighted by Crippen LogP contribution is 2.09. The van der Waals surface area contributed by atoms with Gasteiger partial charge in [-0.1, -0.05) is 18.2 Å². The summed E-state index contributed by atoms with van der Waals surface area (Å²) >= 11 is 0. The van der Waals surface area contributed by atoms with Crippen molar-refractivity contribution in [2.24, 2.45) is 0 Å². The summed E-state index contributed by atoms with van der Waals surface area (Å²) in [4.78, 5) is 37.6. The number of fused-ring (bicyclic) bond motifs is 1. The minimum atomic E-state index is -0.241. The lowest BCUT2D eigenvalue weighted by Crippen LogP contribution is -2.28. The SMILES string of the molecule is Cc1cccnc1CN(C)C(=O)CCc1nc2ccccc2[nH]c1=O. The smallest absolute Gasteiger partial charge is 0.270 e. The molecule has 0 radical (unpaired) electrons. The van der Waals surface area contributed by atoms with E-state index in [-0.39, 0.29) is 17.9 Å². The Balaban J connectivity index is 1.67.